The Morgan fingerprint density at radius 3 is 2.25 bits per heavy atom. The molecule has 1 N–H and O–H groups in total. The fraction of sp³-hybridized carbons (Fsp3) is 0.212. The molecule has 2 amide bonds. The Morgan fingerprint density at radius 1 is 0.932 bits per heavy atom. The van der Waals surface area contributed by atoms with Crippen molar-refractivity contribution in [3.05, 3.63) is 123 Å². The zero-order chi connectivity index (χ0) is 31.9. The van der Waals surface area contributed by atoms with Crippen LogP contribution in [0.3, 0.4) is 0 Å². The van der Waals surface area contributed by atoms with E-state index >= 15 is 0 Å². The summed E-state index contributed by atoms with van der Waals surface area (Å²) >= 11 is 9.80. The number of carbonyl (C=O) groups excluding carboxylic acids is 2. The topological polar surface area (TPSA) is 96.0 Å². The fourth-order valence-corrected chi connectivity index (χ4v) is 6.79. The lowest BCUT2D eigenvalue weighted by Crippen LogP contribution is -2.53. The predicted octanol–water partition coefficient (Wildman–Crippen LogP) is 6.00. The summed E-state index contributed by atoms with van der Waals surface area (Å²) in [7, 11) is -1.38. The summed E-state index contributed by atoms with van der Waals surface area (Å²) in [5, 5.41) is 2.94. The van der Waals surface area contributed by atoms with E-state index in [4.69, 9.17) is 16.3 Å². The third kappa shape index (κ3) is 7.99. The van der Waals surface area contributed by atoms with Crippen molar-refractivity contribution in [2.24, 2.45) is 0 Å². The molecule has 0 aliphatic heterocycles. The van der Waals surface area contributed by atoms with E-state index in [0.29, 0.717) is 0 Å². The molecule has 1 atom stereocenters. The number of rotatable bonds is 12. The van der Waals surface area contributed by atoms with Crippen molar-refractivity contribution in [3.8, 4) is 5.75 Å². The zero-order valence-electron chi connectivity index (χ0n) is 24.5. The Morgan fingerprint density at radius 2 is 1.61 bits per heavy atom. The van der Waals surface area contributed by atoms with E-state index in [-0.39, 0.29) is 40.2 Å². The minimum Gasteiger partial charge on any atom is -0.495 e. The molecule has 0 aliphatic rings. The van der Waals surface area contributed by atoms with E-state index in [1.807, 2.05) is 61.5 Å². The molecular weight excluding hydrogens is 666 g/mol. The lowest BCUT2D eigenvalue weighted by Gasteiger charge is -2.34. The molecule has 0 aliphatic carbocycles. The third-order valence-electron chi connectivity index (χ3n) is 7.06. The summed E-state index contributed by atoms with van der Waals surface area (Å²) in [4.78, 5) is 29.2. The molecule has 11 heteroatoms. The molecule has 4 rings (SSSR count). The number of anilines is 1. The molecule has 0 fully saturated rings. The van der Waals surface area contributed by atoms with Gasteiger partial charge in [0.05, 0.1) is 17.7 Å². The van der Waals surface area contributed by atoms with Crippen molar-refractivity contribution in [3.63, 3.8) is 0 Å². The Balaban J connectivity index is 1.84. The molecule has 4 aromatic rings. The Hall–Kier alpha value is -3.86. The van der Waals surface area contributed by atoms with Gasteiger partial charge < -0.3 is 15.0 Å². The Labute approximate surface area is 271 Å². The summed E-state index contributed by atoms with van der Waals surface area (Å²) in [6.07, 6.45) is 0.214. The van der Waals surface area contributed by atoms with Gasteiger partial charge in [0.25, 0.3) is 10.0 Å². The van der Waals surface area contributed by atoms with Gasteiger partial charge in [0.2, 0.25) is 11.8 Å². The van der Waals surface area contributed by atoms with Crippen molar-refractivity contribution in [1.29, 1.82) is 0 Å². The minimum atomic E-state index is -4.30. The smallest absolute Gasteiger partial charge is 0.264 e. The van der Waals surface area contributed by atoms with Gasteiger partial charge in [0, 0.05) is 29.5 Å². The first kappa shape index (κ1) is 33.0. The molecule has 8 nitrogen and oxygen atoms in total. The van der Waals surface area contributed by atoms with Crippen LogP contribution in [-0.2, 0) is 32.6 Å². The molecule has 4 aromatic carbocycles. The van der Waals surface area contributed by atoms with E-state index in [1.165, 1.54) is 37.3 Å². The maximum atomic E-state index is 14.4. The van der Waals surface area contributed by atoms with Crippen LogP contribution in [0, 0.1) is 6.92 Å². The van der Waals surface area contributed by atoms with Gasteiger partial charge >= 0.3 is 0 Å². The number of nitrogens with one attached hydrogen (secondary N) is 1. The monoisotopic (exact) mass is 697 g/mol. The predicted molar refractivity (Wildman–Crippen MR) is 176 cm³/mol. The molecule has 0 spiro atoms. The van der Waals surface area contributed by atoms with Crippen LogP contribution in [0.2, 0.25) is 5.02 Å². The van der Waals surface area contributed by atoms with Crippen molar-refractivity contribution >= 4 is 55.1 Å². The van der Waals surface area contributed by atoms with Gasteiger partial charge in [-0.05, 0) is 60.5 Å². The van der Waals surface area contributed by atoms with Crippen molar-refractivity contribution in [1.82, 2.24) is 10.2 Å². The highest BCUT2D eigenvalue weighted by atomic mass is 79.9. The Kier molecular flexibility index (Phi) is 11.1. The second-order valence-corrected chi connectivity index (χ2v) is 13.3. The number of methoxy groups -OCH3 is 1. The highest BCUT2D eigenvalue weighted by molar-refractivity contribution is 9.10. The number of benzene rings is 4. The molecule has 230 valence electrons. The molecule has 0 saturated heterocycles. The van der Waals surface area contributed by atoms with Crippen LogP contribution in [0.4, 0.5) is 5.69 Å². The quantitative estimate of drug-likeness (QED) is 0.196. The van der Waals surface area contributed by atoms with Gasteiger partial charge in [-0.15, -0.1) is 0 Å². The van der Waals surface area contributed by atoms with Gasteiger partial charge in [0.15, 0.2) is 0 Å². The van der Waals surface area contributed by atoms with Crippen LogP contribution in [0.5, 0.6) is 5.75 Å². The lowest BCUT2D eigenvalue weighted by atomic mass is 10.0. The SMILES string of the molecule is CNC(=O)C(Cc1ccccc1)N(Cc1cccc(Br)c1)C(=O)CN(c1cc(Cl)ccc1OC)S(=O)(=O)c1ccc(C)cc1. The number of hydrogen-bond donors (Lipinski definition) is 1. The van der Waals surface area contributed by atoms with E-state index in [1.54, 1.807) is 24.3 Å². The summed E-state index contributed by atoms with van der Waals surface area (Å²) in [5.41, 5.74) is 2.56. The number of aryl methyl sites for hydroxylation is 1. The number of halogens is 2. The number of amides is 2. The van der Waals surface area contributed by atoms with Crippen LogP contribution in [0.1, 0.15) is 16.7 Å². The number of sulfonamides is 1. The van der Waals surface area contributed by atoms with Crippen LogP contribution in [-0.4, -0.2) is 51.9 Å². The van der Waals surface area contributed by atoms with Gasteiger partial charge in [-0.25, -0.2) is 8.42 Å². The average molecular weight is 699 g/mol. The van der Waals surface area contributed by atoms with E-state index < -0.39 is 28.5 Å². The summed E-state index contributed by atoms with van der Waals surface area (Å²) in [6.45, 7) is 1.28. The largest absolute Gasteiger partial charge is 0.495 e. The van der Waals surface area contributed by atoms with Crippen LogP contribution in [0.25, 0.3) is 0 Å². The molecular formula is C33H33BrClN3O5S. The molecule has 0 aromatic heterocycles. The van der Waals surface area contributed by atoms with E-state index in [0.717, 1.165) is 25.5 Å². The average Bonchev–Trinajstić information content (AvgIpc) is 3.01. The number of ether oxygens (including phenoxy) is 1. The first-order chi connectivity index (χ1) is 21.0. The number of nitrogens with zero attached hydrogens (tertiary/aromatic N) is 2. The second-order valence-electron chi connectivity index (χ2n) is 10.1. The molecule has 44 heavy (non-hydrogen) atoms. The first-order valence-corrected chi connectivity index (χ1v) is 16.4. The minimum absolute atomic E-state index is 0.0106. The summed E-state index contributed by atoms with van der Waals surface area (Å²) in [5.74, 6) is -0.763. The maximum Gasteiger partial charge on any atom is 0.264 e. The van der Waals surface area contributed by atoms with Crippen LogP contribution < -0.4 is 14.4 Å². The van der Waals surface area contributed by atoms with Gasteiger partial charge in [0.1, 0.15) is 18.3 Å². The molecule has 0 heterocycles. The van der Waals surface area contributed by atoms with Crippen molar-refractivity contribution in [2.75, 3.05) is 25.0 Å². The summed E-state index contributed by atoms with van der Waals surface area (Å²) in [6, 6.07) is 26.7. The maximum absolute atomic E-state index is 14.4. The molecule has 1 unspecified atom stereocenters. The van der Waals surface area contributed by atoms with E-state index in [2.05, 4.69) is 21.2 Å². The highest BCUT2D eigenvalue weighted by Crippen LogP contribution is 2.35. The van der Waals surface area contributed by atoms with Gasteiger partial charge in [-0.1, -0.05) is 87.7 Å². The number of likely N-dealkylation sites (N-methyl/N-ethyl adjacent to an activating group) is 1. The highest BCUT2D eigenvalue weighted by Gasteiger charge is 2.35. The summed E-state index contributed by atoms with van der Waals surface area (Å²) < 4.78 is 35.7. The standard InChI is InChI=1S/C33H33BrClN3O5S/c1-23-12-15-28(16-13-23)44(41,42)38(29-20-27(35)14-17-31(29)43-3)22-32(39)37(21-25-10-7-11-26(34)18-25)30(33(40)36-2)19-24-8-5-4-6-9-24/h4-18,20,30H,19,21-22H2,1-3H3,(H,36,40). The zero-order valence-corrected chi connectivity index (χ0v) is 27.7. The van der Waals surface area contributed by atoms with Crippen LogP contribution >= 0.6 is 27.5 Å². The fourth-order valence-electron chi connectivity index (χ4n) is 4.76. The van der Waals surface area contributed by atoms with E-state index in [9.17, 15) is 18.0 Å². The normalized spacial score (nSPS) is 11.8. The van der Waals surface area contributed by atoms with Crippen LogP contribution in [0.15, 0.2) is 106 Å². The van der Waals surface area contributed by atoms with Gasteiger partial charge in [-0.2, -0.15) is 0 Å². The molecule has 0 bridgehead atoms. The second kappa shape index (κ2) is 14.7. The third-order valence-corrected chi connectivity index (χ3v) is 9.56. The molecule has 0 radical (unpaired) electrons. The van der Waals surface area contributed by atoms with Crippen molar-refractivity contribution in [2.45, 2.75) is 30.8 Å². The lowest BCUT2D eigenvalue weighted by molar-refractivity contribution is -0.139. The van der Waals surface area contributed by atoms with Gasteiger partial charge in [-0.3, -0.25) is 13.9 Å². The Bertz CT molecular complexity index is 1720. The van der Waals surface area contributed by atoms with Crippen molar-refractivity contribution < 1.29 is 22.7 Å². The number of hydrogen-bond acceptors (Lipinski definition) is 5. The molecule has 0 saturated carbocycles. The first-order valence-electron chi connectivity index (χ1n) is 13.8. The number of carbonyl (C=O) groups is 2.